The zero-order valence-corrected chi connectivity index (χ0v) is 13.8. The van der Waals surface area contributed by atoms with Gasteiger partial charge in [0.15, 0.2) is 0 Å². The molecule has 0 unspecified atom stereocenters. The van der Waals surface area contributed by atoms with Crippen molar-refractivity contribution >= 4 is 23.1 Å². The van der Waals surface area contributed by atoms with E-state index >= 15 is 0 Å². The number of carbonyl (C=O) groups is 1. The van der Waals surface area contributed by atoms with Gasteiger partial charge in [-0.2, -0.15) is 0 Å². The Morgan fingerprint density at radius 3 is 2.56 bits per heavy atom. The Kier molecular flexibility index (Phi) is 3.89. The van der Waals surface area contributed by atoms with Crippen molar-refractivity contribution in [3.8, 4) is 5.82 Å². The number of nitrogens with one attached hydrogen (secondary N) is 2. The van der Waals surface area contributed by atoms with Crippen LogP contribution in [0.25, 0.3) is 5.82 Å². The lowest BCUT2D eigenvalue weighted by atomic mass is 10.2. The molecule has 0 bridgehead atoms. The first kappa shape index (κ1) is 15.3. The number of benzene rings is 1. The van der Waals surface area contributed by atoms with Crippen LogP contribution >= 0.6 is 0 Å². The van der Waals surface area contributed by atoms with Crippen molar-refractivity contribution < 1.29 is 4.79 Å². The number of aromatic nitrogens is 4. The summed E-state index contributed by atoms with van der Waals surface area (Å²) in [6, 6.07) is 9.44. The molecule has 3 aromatic rings. The van der Waals surface area contributed by atoms with E-state index in [0.717, 1.165) is 35.9 Å². The third kappa shape index (κ3) is 3.50. The molecular formula is C18H18N6O. The van der Waals surface area contributed by atoms with Crippen molar-refractivity contribution in [2.45, 2.75) is 19.8 Å². The number of rotatable bonds is 5. The Balaban J connectivity index is 1.46. The summed E-state index contributed by atoms with van der Waals surface area (Å²) >= 11 is 0. The van der Waals surface area contributed by atoms with Crippen LogP contribution in [0, 0.1) is 12.8 Å². The molecule has 25 heavy (non-hydrogen) atoms. The van der Waals surface area contributed by atoms with Gasteiger partial charge in [-0.1, -0.05) is 0 Å². The number of nitrogens with zero attached hydrogens (tertiary/aromatic N) is 4. The predicted octanol–water partition coefficient (Wildman–Crippen LogP) is 3.06. The lowest BCUT2D eigenvalue weighted by Crippen LogP contribution is -2.13. The van der Waals surface area contributed by atoms with Crippen LogP contribution in [-0.2, 0) is 4.79 Å². The number of anilines is 3. The van der Waals surface area contributed by atoms with Crippen molar-refractivity contribution in [1.29, 1.82) is 0 Å². The summed E-state index contributed by atoms with van der Waals surface area (Å²) in [5, 5.41) is 6.17. The zero-order chi connectivity index (χ0) is 17.2. The summed E-state index contributed by atoms with van der Waals surface area (Å²) in [7, 11) is 0. The van der Waals surface area contributed by atoms with Crippen molar-refractivity contribution in [1.82, 2.24) is 19.5 Å². The minimum absolute atomic E-state index is 0.108. The molecule has 7 heteroatoms. The quantitative estimate of drug-likeness (QED) is 0.749. The molecule has 0 spiro atoms. The van der Waals surface area contributed by atoms with E-state index < -0.39 is 0 Å². The lowest BCUT2D eigenvalue weighted by molar-refractivity contribution is -0.117. The Bertz CT molecular complexity index is 898. The van der Waals surface area contributed by atoms with E-state index in [1.807, 2.05) is 48.0 Å². The summed E-state index contributed by atoms with van der Waals surface area (Å²) < 4.78 is 1.89. The first-order valence-electron chi connectivity index (χ1n) is 8.19. The summed E-state index contributed by atoms with van der Waals surface area (Å²) in [6.07, 6.45) is 7.11. The number of aryl methyl sites for hydroxylation is 1. The predicted molar refractivity (Wildman–Crippen MR) is 95.0 cm³/mol. The van der Waals surface area contributed by atoms with E-state index in [1.54, 1.807) is 6.20 Å². The fraction of sp³-hybridized carbons (Fsp3) is 0.222. The van der Waals surface area contributed by atoms with Crippen LogP contribution in [0.15, 0.2) is 49.1 Å². The molecule has 1 fully saturated rings. The summed E-state index contributed by atoms with van der Waals surface area (Å²) in [6.45, 7) is 1.92. The van der Waals surface area contributed by atoms with Crippen molar-refractivity contribution in [3.05, 3.63) is 54.9 Å². The standard InChI is InChI=1S/C18H18N6O/c1-12-19-8-9-24(12)17-10-16(20-11-21-17)22-14-4-6-15(7-5-14)23-18(25)13-2-3-13/h4-11,13H,2-3H2,1H3,(H,23,25)(H,20,21,22). The van der Waals surface area contributed by atoms with Crippen LogP contribution in [0.2, 0.25) is 0 Å². The second kappa shape index (κ2) is 6.35. The highest BCUT2D eigenvalue weighted by Gasteiger charge is 2.29. The van der Waals surface area contributed by atoms with E-state index in [-0.39, 0.29) is 11.8 Å². The van der Waals surface area contributed by atoms with Gasteiger partial charge in [-0.15, -0.1) is 0 Å². The van der Waals surface area contributed by atoms with Crippen molar-refractivity contribution in [2.24, 2.45) is 5.92 Å². The van der Waals surface area contributed by atoms with Crippen LogP contribution < -0.4 is 10.6 Å². The Hall–Kier alpha value is -3.22. The van der Waals surface area contributed by atoms with Crippen molar-refractivity contribution in [2.75, 3.05) is 10.6 Å². The fourth-order valence-corrected chi connectivity index (χ4v) is 2.54. The molecule has 0 aliphatic heterocycles. The molecule has 2 aromatic heterocycles. The maximum Gasteiger partial charge on any atom is 0.227 e. The smallest absolute Gasteiger partial charge is 0.227 e. The molecule has 1 aliphatic carbocycles. The molecule has 2 heterocycles. The average molecular weight is 334 g/mol. The fourth-order valence-electron chi connectivity index (χ4n) is 2.54. The zero-order valence-electron chi connectivity index (χ0n) is 13.8. The van der Waals surface area contributed by atoms with Gasteiger partial charge in [-0.3, -0.25) is 9.36 Å². The normalized spacial score (nSPS) is 13.5. The molecule has 0 radical (unpaired) electrons. The average Bonchev–Trinajstić information content (AvgIpc) is 3.38. The molecule has 1 amide bonds. The van der Waals surface area contributed by atoms with E-state index in [1.165, 1.54) is 6.33 Å². The molecule has 7 nitrogen and oxygen atoms in total. The number of hydrogen-bond acceptors (Lipinski definition) is 5. The van der Waals surface area contributed by atoms with Crippen LogP contribution in [0.5, 0.6) is 0 Å². The lowest BCUT2D eigenvalue weighted by Gasteiger charge is -2.09. The topological polar surface area (TPSA) is 84.7 Å². The SMILES string of the molecule is Cc1nccn1-c1cc(Nc2ccc(NC(=O)C3CC3)cc2)ncn1. The monoisotopic (exact) mass is 334 g/mol. The van der Waals surface area contributed by atoms with Crippen LogP contribution in [-0.4, -0.2) is 25.4 Å². The van der Waals surface area contributed by atoms with Gasteiger partial charge in [0.2, 0.25) is 5.91 Å². The molecule has 126 valence electrons. The third-order valence-corrected chi connectivity index (χ3v) is 4.10. The molecule has 1 aliphatic rings. The Morgan fingerprint density at radius 2 is 1.88 bits per heavy atom. The highest BCUT2D eigenvalue weighted by Crippen LogP contribution is 2.30. The highest BCUT2D eigenvalue weighted by atomic mass is 16.2. The van der Waals surface area contributed by atoms with Crippen LogP contribution in [0.4, 0.5) is 17.2 Å². The highest BCUT2D eigenvalue weighted by molar-refractivity contribution is 5.94. The van der Waals surface area contributed by atoms with E-state index in [0.29, 0.717) is 5.82 Å². The first-order valence-corrected chi connectivity index (χ1v) is 8.19. The molecule has 1 saturated carbocycles. The Labute approximate surface area is 145 Å². The van der Waals surface area contributed by atoms with Crippen LogP contribution in [0.3, 0.4) is 0 Å². The summed E-state index contributed by atoms with van der Waals surface area (Å²) in [5.41, 5.74) is 1.69. The third-order valence-electron chi connectivity index (χ3n) is 4.10. The first-order chi connectivity index (χ1) is 12.2. The van der Waals surface area contributed by atoms with Gasteiger partial charge in [0.05, 0.1) is 0 Å². The van der Waals surface area contributed by atoms with Crippen LogP contribution in [0.1, 0.15) is 18.7 Å². The second-order valence-corrected chi connectivity index (χ2v) is 6.07. The number of imidazole rings is 1. The van der Waals surface area contributed by atoms with Gasteiger partial charge in [-0.25, -0.2) is 15.0 Å². The van der Waals surface area contributed by atoms with Gasteiger partial charge in [-0.05, 0) is 44.0 Å². The largest absolute Gasteiger partial charge is 0.340 e. The van der Waals surface area contributed by atoms with Gasteiger partial charge in [0.1, 0.15) is 23.8 Å². The minimum Gasteiger partial charge on any atom is -0.340 e. The Morgan fingerprint density at radius 1 is 1.12 bits per heavy atom. The van der Waals surface area contributed by atoms with Gasteiger partial charge in [0.25, 0.3) is 0 Å². The number of carbonyl (C=O) groups excluding carboxylic acids is 1. The minimum atomic E-state index is 0.108. The molecule has 1 aromatic carbocycles. The summed E-state index contributed by atoms with van der Waals surface area (Å²) in [5.74, 6) is 2.61. The number of hydrogen-bond donors (Lipinski definition) is 2. The second-order valence-electron chi connectivity index (χ2n) is 6.07. The number of amides is 1. The molecule has 4 rings (SSSR count). The van der Waals surface area contributed by atoms with Gasteiger partial charge in [0, 0.05) is 35.8 Å². The van der Waals surface area contributed by atoms with Gasteiger partial charge < -0.3 is 10.6 Å². The van der Waals surface area contributed by atoms with Crippen molar-refractivity contribution in [3.63, 3.8) is 0 Å². The molecule has 0 atom stereocenters. The maximum atomic E-state index is 11.8. The van der Waals surface area contributed by atoms with E-state index in [9.17, 15) is 4.79 Å². The molecule has 0 saturated heterocycles. The maximum absolute atomic E-state index is 11.8. The summed E-state index contributed by atoms with van der Waals surface area (Å²) in [4.78, 5) is 24.5. The molecule has 2 N–H and O–H groups in total. The van der Waals surface area contributed by atoms with Gasteiger partial charge >= 0.3 is 0 Å². The molecular weight excluding hydrogens is 316 g/mol. The van der Waals surface area contributed by atoms with E-state index in [4.69, 9.17) is 0 Å². The van der Waals surface area contributed by atoms with E-state index in [2.05, 4.69) is 25.6 Å².